The smallest absolute Gasteiger partial charge is 0.325 e. The lowest BCUT2D eigenvalue weighted by Crippen LogP contribution is -2.59. The van der Waals surface area contributed by atoms with Gasteiger partial charge in [0.15, 0.2) is 0 Å². The molecule has 0 fully saturated rings. The van der Waals surface area contributed by atoms with Crippen LogP contribution in [0.25, 0.3) is 0 Å². The van der Waals surface area contributed by atoms with Gasteiger partial charge < -0.3 is 37.4 Å². The van der Waals surface area contributed by atoms with Crippen LogP contribution in [0.1, 0.15) is 81.6 Å². The second kappa shape index (κ2) is 17.5. The van der Waals surface area contributed by atoms with Crippen molar-refractivity contribution in [1.29, 1.82) is 0 Å². The minimum Gasteiger partial charge on any atom is -0.480 e. The fraction of sp³-hybridized carbons (Fsp3) is 0.778. The van der Waals surface area contributed by atoms with Crippen LogP contribution >= 0.6 is 0 Å². The number of amides is 5. The zero-order valence-corrected chi connectivity index (χ0v) is 25.3. The van der Waals surface area contributed by atoms with Crippen molar-refractivity contribution < 1.29 is 33.9 Å². The zero-order valence-electron chi connectivity index (χ0n) is 25.3. The summed E-state index contributed by atoms with van der Waals surface area (Å²) in [7, 11) is 0. The number of rotatable bonds is 17. The van der Waals surface area contributed by atoms with Crippen molar-refractivity contribution in [2.45, 2.75) is 118 Å². The summed E-state index contributed by atoms with van der Waals surface area (Å²) in [5, 5.41) is 21.9. The van der Waals surface area contributed by atoms with E-state index in [2.05, 4.69) is 26.6 Å². The van der Waals surface area contributed by atoms with E-state index in [0.29, 0.717) is 6.42 Å². The monoisotopic (exact) mass is 570 g/mol. The lowest BCUT2D eigenvalue weighted by molar-refractivity contribution is -0.142. The lowest BCUT2D eigenvalue weighted by Gasteiger charge is -2.27. The quantitative estimate of drug-likeness (QED) is 0.126. The molecule has 6 atom stereocenters. The summed E-state index contributed by atoms with van der Waals surface area (Å²) in [5.74, 6) is -4.05. The summed E-state index contributed by atoms with van der Waals surface area (Å²) in [6.45, 7) is 15.5. The predicted octanol–water partition coefficient (Wildman–Crippen LogP) is 0.0203. The summed E-state index contributed by atoms with van der Waals surface area (Å²) in [4.78, 5) is 75.1. The van der Waals surface area contributed by atoms with Gasteiger partial charge in [-0.1, -0.05) is 41.5 Å². The Morgan fingerprint density at radius 2 is 0.800 bits per heavy atom. The van der Waals surface area contributed by atoms with Crippen LogP contribution in [-0.2, 0) is 28.8 Å². The Morgan fingerprint density at radius 3 is 1.12 bits per heavy atom. The van der Waals surface area contributed by atoms with E-state index in [4.69, 9.17) is 10.8 Å². The Hall–Kier alpha value is -3.22. The first-order valence-corrected chi connectivity index (χ1v) is 13.9. The molecule has 0 heterocycles. The predicted molar refractivity (Wildman–Crippen MR) is 151 cm³/mol. The van der Waals surface area contributed by atoms with Crippen LogP contribution in [0.2, 0.25) is 0 Å². The number of hydrogen-bond donors (Lipinski definition) is 7. The third kappa shape index (κ3) is 14.2. The normalized spacial score (nSPS) is 15.8. The van der Waals surface area contributed by atoms with Crippen molar-refractivity contribution in [2.75, 3.05) is 0 Å². The first-order valence-electron chi connectivity index (χ1n) is 13.9. The second-order valence-electron chi connectivity index (χ2n) is 11.7. The van der Waals surface area contributed by atoms with Gasteiger partial charge in [-0.3, -0.25) is 28.8 Å². The van der Waals surface area contributed by atoms with Crippen LogP contribution in [0.15, 0.2) is 0 Å². The number of carboxylic acids is 1. The van der Waals surface area contributed by atoms with Gasteiger partial charge in [-0.2, -0.15) is 0 Å². The highest BCUT2D eigenvalue weighted by molar-refractivity contribution is 5.96. The average molecular weight is 571 g/mol. The molecular weight excluding hydrogens is 520 g/mol. The number of nitrogens with one attached hydrogen (secondary N) is 5. The van der Waals surface area contributed by atoms with Crippen molar-refractivity contribution in [3.63, 3.8) is 0 Å². The summed E-state index contributed by atoms with van der Waals surface area (Å²) < 4.78 is 0. The molecule has 0 aromatic carbocycles. The van der Waals surface area contributed by atoms with Gasteiger partial charge in [0.25, 0.3) is 0 Å². The molecule has 230 valence electrons. The topological polar surface area (TPSA) is 209 Å². The molecule has 13 nitrogen and oxygen atoms in total. The van der Waals surface area contributed by atoms with Gasteiger partial charge in [-0.25, -0.2) is 0 Å². The minimum absolute atomic E-state index is 0.00764. The fourth-order valence-corrected chi connectivity index (χ4v) is 3.74. The van der Waals surface area contributed by atoms with E-state index in [1.165, 1.54) is 20.8 Å². The molecule has 40 heavy (non-hydrogen) atoms. The maximum absolute atomic E-state index is 13.2. The average Bonchev–Trinajstić information content (AvgIpc) is 2.81. The molecule has 0 aliphatic heterocycles. The van der Waals surface area contributed by atoms with Gasteiger partial charge in [0.1, 0.15) is 30.2 Å². The standard InChI is InChI=1S/C27H50N6O7/c1-13(2)10-19(25(37)30-18(9)27(39)40)32-23(35)17(8)29-24(36)20(11-14(3)4)33-26(38)21(12-15(5)6)31-22(34)16(7)28/h13-21H,10-12,28H2,1-9H3,(H,29,36)(H,30,37)(H,31,34)(H,32,35)(H,33,38)(H,39,40)/t16-,17-,18-,19-,20-,21-/m0/s1. The van der Waals surface area contributed by atoms with Gasteiger partial charge in [0, 0.05) is 0 Å². The molecule has 0 saturated heterocycles. The van der Waals surface area contributed by atoms with Gasteiger partial charge >= 0.3 is 5.97 Å². The van der Waals surface area contributed by atoms with E-state index >= 15 is 0 Å². The molecule has 0 aliphatic rings. The van der Waals surface area contributed by atoms with Gasteiger partial charge in [0.05, 0.1) is 6.04 Å². The van der Waals surface area contributed by atoms with Crippen molar-refractivity contribution in [1.82, 2.24) is 26.6 Å². The summed E-state index contributed by atoms with van der Waals surface area (Å²) in [6.07, 6.45) is 0.854. The molecule has 0 aromatic heterocycles. The maximum Gasteiger partial charge on any atom is 0.325 e. The van der Waals surface area contributed by atoms with Crippen LogP contribution in [-0.4, -0.2) is 76.9 Å². The molecule has 0 spiro atoms. The van der Waals surface area contributed by atoms with Gasteiger partial charge in [-0.15, -0.1) is 0 Å². The maximum atomic E-state index is 13.2. The Kier molecular flexibility index (Phi) is 16.1. The van der Waals surface area contributed by atoms with Crippen molar-refractivity contribution >= 4 is 35.5 Å². The Balaban J connectivity index is 5.57. The molecule has 0 rings (SSSR count). The molecule has 0 aromatic rings. The van der Waals surface area contributed by atoms with E-state index in [1.54, 1.807) is 0 Å². The molecular formula is C27H50N6O7. The van der Waals surface area contributed by atoms with E-state index in [0.717, 1.165) is 0 Å². The van der Waals surface area contributed by atoms with Crippen molar-refractivity contribution in [2.24, 2.45) is 23.5 Å². The number of carbonyl (C=O) groups excluding carboxylic acids is 5. The number of aliphatic carboxylic acids is 1. The Bertz CT molecular complexity index is 891. The molecule has 0 unspecified atom stereocenters. The minimum atomic E-state index is -1.21. The van der Waals surface area contributed by atoms with Crippen LogP contribution in [0, 0.1) is 17.8 Å². The molecule has 0 radical (unpaired) electrons. The summed E-state index contributed by atoms with van der Waals surface area (Å²) >= 11 is 0. The molecule has 8 N–H and O–H groups in total. The Labute approximate surface area is 237 Å². The highest BCUT2D eigenvalue weighted by Gasteiger charge is 2.31. The first-order chi connectivity index (χ1) is 18.3. The van der Waals surface area contributed by atoms with Crippen LogP contribution in [0.5, 0.6) is 0 Å². The second-order valence-corrected chi connectivity index (χ2v) is 11.7. The lowest BCUT2D eigenvalue weighted by atomic mass is 9.99. The summed E-state index contributed by atoms with van der Waals surface area (Å²) in [5.41, 5.74) is 5.63. The Morgan fingerprint density at radius 1 is 0.500 bits per heavy atom. The van der Waals surface area contributed by atoms with E-state index in [1.807, 2.05) is 41.5 Å². The van der Waals surface area contributed by atoms with Crippen molar-refractivity contribution in [3.05, 3.63) is 0 Å². The SMILES string of the molecule is CC(C)C[C@H](NC(=O)[C@H](C)N)C(=O)N[C@@H](CC(C)C)C(=O)N[C@@H](C)C(=O)N[C@@H](CC(C)C)C(=O)N[C@@H](C)C(=O)O. The fourth-order valence-electron chi connectivity index (χ4n) is 3.74. The zero-order chi connectivity index (χ0) is 31.3. The summed E-state index contributed by atoms with van der Waals surface area (Å²) in [6, 6.07) is -5.92. The van der Waals surface area contributed by atoms with Gasteiger partial charge in [0.2, 0.25) is 29.5 Å². The van der Waals surface area contributed by atoms with E-state index < -0.39 is 71.8 Å². The third-order valence-electron chi connectivity index (χ3n) is 5.92. The van der Waals surface area contributed by atoms with Gasteiger partial charge in [-0.05, 0) is 57.8 Å². The molecule has 0 saturated carbocycles. The van der Waals surface area contributed by atoms with Crippen LogP contribution < -0.4 is 32.3 Å². The van der Waals surface area contributed by atoms with Crippen LogP contribution in [0.4, 0.5) is 0 Å². The first kappa shape index (κ1) is 36.8. The van der Waals surface area contributed by atoms with E-state index in [9.17, 15) is 28.8 Å². The number of carbonyl (C=O) groups is 6. The number of hydrogen-bond acceptors (Lipinski definition) is 7. The highest BCUT2D eigenvalue weighted by atomic mass is 16.4. The molecule has 13 heteroatoms. The number of nitrogens with two attached hydrogens (primary N) is 1. The molecule has 5 amide bonds. The third-order valence-corrected chi connectivity index (χ3v) is 5.92. The van der Waals surface area contributed by atoms with E-state index in [-0.39, 0.29) is 30.6 Å². The molecule has 0 aliphatic carbocycles. The largest absolute Gasteiger partial charge is 0.480 e. The van der Waals surface area contributed by atoms with Crippen LogP contribution in [0.3, 0.4) is 0 Å². The highest BCUT2D eigenvalue weighted by Crippen LogP contribution is 2.10. The number of carboxylic acid groups (broad SMARTS) is 1. The molecule has 0 bridgehead atoms. The van der Waals surface area contributed by atoms with Crippen molar-refractivity contribution in [3.8, 4) is 0 Å².